The maximum absolute atomic E-state index is 12.6. The molecule has 0 radical (unpaired) electrons. The summed E-state index contributed by atoms with van der Waals surface area (Å²) in [5.74, 6) is 0.112. The maximum Gasteiger partial charge on any atom is 0.290 e. The Morgan fingerprint density at radius 2 is 2.14 bits per heavy atom. The Kier molecular flexibility index (Phi) is 3.32. The number of nitrogens with one attached hydrogen (secondary N) is 1. The summed E-state index contributed by atoms with van der Waals surface area (Å²) >= 11 is 1.28. The van der Waals surface area contributed by atoms with Crippen molar-refractivity contribution in [1.82, 2.24) is 14.6 Å². The molecule has 0 spiro atoms. The van der Waals surface area contributed by atoms with Crippen molar-refractivity contribution in [2.75, 3.05) is 24.4 Å². The zero-order chi connectivity index (χ0) is 16.0. The molecule has 0 aromatic carbocycles. The number of pyridine rings is 1. The largest absolute Gasteiger partial charge is 0.377 e. The molecule has 3 aromatic rings. The van der Waals surface area contributed by atoms with Crippen molar-refractivity contribution in [2.24, 2.45) is 0 Å². The van der Waals surface area contributed by atoms with Crippen molar-refractivity contribution in [3.05, 3.63) is 28.4 Å². The van der Waals surface area contributed by atoms with Gasteiger partial charge in [-0.05, 0) is 13.0 Å². The van der Waals surface area contributed by atoms with E-state index in [0.29, 0.717) is 16.0 Å². The molecule has 7 nitrogen and oxygen atoms in total. The molecule has 0 saturated heterocycles. The quantitative estimate of drug-likeness (QED) is 0.774. The first-order valence-corrected chi connectivity index (χ1v) is 7.47. The molecule has 0 saturated carbocycles. The molecule has 0 aliphatic heterocycles. The fourth-order valence-electron chi connectivity index (χ4n) is 2.37. The number of fused-ring (bicyclic) bond motifs is 3. The number of rotatable bonds is 2. The average molecular weight is 317 g/mol. The normalized spacial score (nSPS) is 11.1. The highest BCUT2D eigenvalue weighted by atomic mass is 32.1. The van der Waals surface area contributed by atoms with E-state index in [1.54, 1.807) is 13.1 Å². The number of carbonyl (C=O) groups is 1. The summed E-state index contributed by atoms with van der Waals surface area (Å²) < 4.78 is 1.66. The van der Waals surface area contributed by atoms with Crippen molar-refractivity contribution in [1.29, 1.82) is 0 Å². The molecular formula is C14H15N5O2S. The monoisotopic (exact) mass is 317 g/mol. The highest BCUT2D eigenvalue weighted by Crippen LogP contribution is 2.35. The lowest BCUT2D eigenvalue weighted by atomic mass is 10.2. The van der Waals surface area contributed by atoms with Gasteiger partial charge in [-0.25, -0.2) is 14.6 Å². The van der Waals surface area contributed by atoms with E-state index in [9.17, 15) is 9.59 Å². The number of nitrogens with zero attached hydrogens (tertiary/aromatic N) is 4. The van der Waals surface area contributed by atoms with Gasteiger partial charge in [0.2, 0.25) is 5.91 Å². The van der Waals surface area contributed by atoms with E-state index in [1.807, 2.05) is 25.1 Å². The SMILES string of the molecule is CC(=O)Nn1c(C)nc2c(sc3nccc(N(C)C)c32)c1=O. The van der Waals surface area contributed by atoms with Crippen LogP contribution in [0, 0.1) is 6.92 Å². The van der Waals surface area contributed by atoms with Crippen molar-refractivity contribution < 1.29 is 4.79 Å². The second-order valence-corrected chi connectivity index (χ2v) is 6.15. The number of thiophene rings is 1. The Bertz CT molecular complexity index is 957. The van der Waals surface area contributed by atoms with Gasteiger partial charge in [0.15, 0.2) is 0 Å². The van der Waals surface area contributed by atoms with Crippen LogP contribution in [0.1, 0.15) is 12.7 Å². The van der Waals surface area contributed by atoms with Gasteiger partial charge in [-0.1, -0.05) is 0 Å². The van der Waals surface area contributed by atoms with E-state index in [2.05, 4.69) is 15.4 Å². The van der Waals surface area contributed by atoms with E-state index >= 15 is 0 Å². The Balaban J connectivity index is 2.44. The second-order valence-electron chi connectivity index (χ2n) is 5.15. The number of carbonyl (C=O) groups excluding carboxylic acids is 1. The minimum absolute atomic E-state index is 0.287. The number of amides is 1. The maximum atomic E-state index is 12.6. The van der Waals surface area contributed by atoms with Crippen LogP contribution in [-0.4, -0.2) is 34.6 Å². The fraction of sp³-hybridized carbons (Fsp3) is 0.286. The van der Waals surface area contributed by atoms with Crippen LogP contribution < -0.4 is 15.9 Å². The predicted octanol–water partition coefficient (Wildman–Crippen LogP) is 1.47. The predicted molar refractivity (Wildman–Crippen MR) is 88.3 cm³/mol. The molecule has 0 aliphatic rings. The number of aromatic nitrogens is 3. The lowest BCUT2D eigenvalue weighted by Crippen LogP contribution is -2.33. The summed E-state index contributed by atoms with van der Waals surface area (Å²) in [7, 11) is 3.87. The fourth-order valence-corrected chi connectivity index (χ4v) is 3.40. The van der Waals surface area contributed by atoms with Crippen molar-refractivity contribution in [3.63, 3.8) is 0 Å². The molecule has 0 unspecified atom stereocenters. The van der Waals surface area contributed by atoms with Gasteiger partial charge >= 0.3 is 0 Å². The van der Waals surface area contributed by atoms with E-state index in [0.717, 1.165) is 15.9 Å². The highest BCUT2D eigenvalue weighted by molar-refractivity contribution is 7.25. The zero-order valence-corrected chi connectivity index (χ0v) is 13.5. The van der Waals surface area contributed by atoms with Crippen LogP contribution in [0.3, 0.4) is 0 Å². The third kappa shape index (κ3) is 2.12. The van der Waals surface area contributed by atoms with E-state index in [4.69, 9.17) is 0 Å². The Morgan fingerprint density at radius 1 is 1.41 bits per heavy atom. The van der Waals surface area contributed by atoms with Crippen LogP contribution in [0.4, 0.5) is 5.69 Å². The molecule has 0 atom stereocenters. The number of anilines is 1. The molecular weight excluding hydrogens is 302 g/mol. The summed E-state index contributed by atoms with van der Waals surface area (Å²) in [6.45, 7) is 3.04. The lowest BCUT2D eigenvalue weighted by Gasteiger charge is -2.13. The van der Waals surface area contributed by atoms with Crippen LogP contribution in [0.2, 0.25) is 0 Å². The number of hydrogen-bond acceptors (Lipinski definition) is 6. The van der Waals surface area contributed by atoms with Gasteiger partial charge in [-0.15, -0.1) is 11.3 Å². The molecule has 0 aliphatic carbocycles. The Morgan fingerprint density at radius 3 is 2.77 bits per heavy atom. The van der Waals surface area contributed by atoms with E-state index in [-0.39, 0.29) is 11.5 Å². The van der Waals surface area contributed by atoms with Crippen molar-refractivity contribution in [2.45, 2.75) is 13.8 Å². The molecule has 114 valence electrons. The summed E-state index contributed by atoms with van der Waals surface area (Å²) in [6, 6.07) is 1.89. The molecule has 3 heterocycles. The first-order valence-electron chi connectivity index (χ1n) is 6.66. The zero-order valence-electron chi connectivity index (χ0n) is 12.7. The molecule has 8 heteroatoms. The van der Waals surface area contributed by atoms with Crippen LogP contribution in [0.25, 0.3) is 20.4 Å². The van der Waals surface area contributed by atoms with Gasteiger partial charge in [0.05, 0.1) is 11.1 Å². The molecule has 22 heavy (non-hydrogen) atoms. The van der Waals surface area contributed by atoms with Crippen molar-refractivity contribution in [3.8, 4) is 0 Å². The summed E-state index contributed by atoms with van der Waals surface area (Å²) in [4.78, 5) is 35.4. The van der Waals surface area contributed by atoms with Gasteiger partial charge in [-0.2, -0.15) is 0 Å². The van der Waals surface area contributed by atoms with Gasteiger partial charge in [0.25, 0.3) is 5.56 Å². The Labute approximate surface area is 130 Å². The molecule has 1 amide bonds. The second kappa shape index (κ2) is 5.06. The molecule has 1 N–H and O–H groups in total. The van der Waals surface area contributed by atoms with Gasteiger partial charge in [-0.3, -0.25) is 15.0 Å². The first-order chi connectivity index (χ1) is 10.4. The highest BCUT2D eigenvalue weighted by Gasteiger charge is 2.18. The molecule has 3 aromatic heterocycles. The molecule has 0 bridgehead atoms. The average Bonchev–Trinajstić information content (AvgIpc) is 2.82. The van der Waals surface area contributed by atoms with Crippen LogP contribution in [0.5, 0.6) is 0 Å². The molecule has 0 fully saturated rings. The molecule has 3 rings (SSSR count). The lowest BCUT2D eigenvalue weighted by molar-refractivity contribution is -0.115. The first kappa shape index (κ1) is 14.5. The van der Waals surface area contributed by atoms with Gasteiger partial charge in [0, 0.05) is 27.2 Å². The summed E-state index contributed by atoms with van der Waals surface area (Å²) in [5, 5.41) is 0.864. The summed E-state index contributed by atoms with van der Waals surface area (Å²) in [5.41, 5.74) is 3.79. The standard InChI is InChI=1S/C14H15N5O2S/c1-7-16-11-10-9(18(3)4)5-6-15-13(10)22-12(11)14(21)19(7)17-8(2)20/h5-6H,1-4H3,(H,17,20). The minimum Gasteiger partial charge on any atom is -0.377 e. The number of aryl methyl sites for hydroxylation is 1. The van der Waals surface area contributed by atoms with Gasteiger partial charge in [0.1, 0.15) is 20.9 Å². The van der Waals surface area contributed by atoms with E-state index < -0.39 is 0 Å². The van der Waals surface area contributed by atoms with Crippen LogP contribution in [0.15, 0.2) is 17.1 Å². The van der Waals surface area contributed by atoms with Crippen molar-refractivity contribution >= 4 is 43.4 Å². The summed E-state index contributed by atoms with van der Waals surface area (Å²) in [6.07, 6.45) is 1.71. The Hall–Kier alpha value is -2.48. The van der Waals surface area contributed by atoms with Crippen LogP contribution >= 0.6 is 11.3 Å². The third-order valence-corrected chi connectivity index (χ3v) is 4.37. The van der Waals surface area contributed by atoms with Crippen LogP contribution in [-0.2, 0) is 4.79 Å². The smallest absolute Gasteiger partial charge is 0.290 e. The third-order valence-electron chi connectivity index (χ3n) is 3.29. The minimum atomic E-state index is -0.320. The topological polar surface area (TPSA) is 80.1 Å². The van der Waals surface area contributed by atoms with E-state index in [1.165, 1.54) is 22.9 Å². The van der Waals surface area contributed by atoms with Gasteiger partial charge < -0.3 is 4.90 Å². The number of hydrogen-bond donors (Lipinski definition) is 1.